The summed E-state index contributed by atoms with van der Waals surface area (Å²) >= 11 is 1.61. The van der Waals surface area contributed by atoms with Crippen molar-refractivity contribution < 1.29 is 4.74 Å². The standard InChI is InChI=1S/C19H26N8OS/c1-3-4-9-26-17(20-23-24-26)14-29-19-22-21-18(25-10-12-28-13-11-25)27(19)16-8-6-5-7-15(16)2/h5-8H,3-4,9-14H2,1-2H3. The first-order chi connectivity index (χ1) is 14.3. The molecule has 0 bridgehead atoms. The number of unbranched alkanes of at least 4 members (excludes halogenated alkanes) is 1. The number of ether oxygens (including phenoxy) is 1. The van der Waals surface area contributed by atoms with E-state index in [1.807, 2.05) is 16.8 Å². The Labute approximate surface area is 174 Å². The van der Waals surface area contributed by atoms with Crippen molar-refractivity contribution in [3.8, 4) is 5.69 Å². The van der Waals surface area contributed by atoms with Crippen LogP contribution < -0.4 is 4.90 Å². The van der Waals surface area contributed by atoms with E-state index in [2.05, 4.69) is 61.2 Å². The summed E-state index contributed by atoms with van der Waals surface area (Å²) in [5, 5.41) is 22.0. The summed E-state index contributed by atoms with van der Waals surface area (Å²) in [6.07, 6.45) is 2.17. The first-order valence-corrected chi connectivity index (χ1v) is 11.0. The van der Waals surface area contributed by atoms with Crippen LogP contribution >= 0.6 is 11.8 Å². The van der Waals surface area contributed by atoms with Crippen molar-refractivity contribution in [3.05, 3.63) is 35.7 Å². The third-order valence-electron chi connectivity index (χ3n) is 4.93. The lowest BCUT2D eigenvalue weighted by Crippen LogP contribution is -2.38. The zero-order valence-electron chi connectivity index (χ0n) is 16.9. The highest BCUT2D eigenvalue weighted by Crippen LogP contribution is 2.30. The minimum Gasteiger partial charge on any atom is -0.378 e. The van der Waals surface area contributed by atoms with Crippen LogP contribution in [0.5, 0.6) is 0 Å². The largest absolute Gasteiger partial charge is 0.378 e. The van der Waals surface area contributed by atoms with E-state index < -0.39 is 0 Å². The summed E-state index contributed by atoms with van der Waals surface area (Å²) in [6, 6.07) is 8.31. The maximum absolute atomic E-state index is 5.51. The third kappa shape index (κ3) is 4.43. The Kier molecular flexibility index (Phi) is 6.40. The summed E-state index contributed by atoms with van der Waals surface area (Å²) in [6.45, 7) is 8.14. The molecule has 154 valence electrons. The van der Waals surface area contributed by atoms with E-state index in [1.54, 1.807) is 11.8 Å². The predicted octanol–water partition coefficient (Wildman–Crippen LogP) is 2.49. The third-order valence-corrected chi connectivity index (χ3v) is 5.85. The lowest BCUT2D eigenvalue weighted by atomic mass is 10.2. The molecule has 0 radical (unpaired) electrons. The molecule has 1 fully saturated rings. The molecule has 1 aliphatic heterocycles. The summed E-state index contributed by atoms with van der Waals surface area (Å²) in [4.78, 5) is 2.23. The van der Waals surface area contributed by atoms with Crippen molar-refractivity contribution in [1.82, 2.24) is 35.0 Å². The zero-order chi connectivity index (χ0) is 20.1. The first-order valence-electron chi connectivity index (χ1n) is 10.00. The van der Waals surface area contributed by atoms with Gasteiger partial charge in [0.15, 0.2) is 11.0 Å². The Morgan fingerprint density at radius 3 is 2.72 bits per heavy atom. The van der Waals surface area contributed by atoms with Crippen LogP contribution in [0.25, 0.3) is 5.69 Å². The second-order valence-corrected chi connectivity index (χ2v) is 7.91. The topological polar surface area (TPSA) is 86.8 Å². The average Bonchev–Trinajstić information content (AvgIpc) is 3.38. The summed E-state index contributed by atoms with van der Waals surface area (Å²) in [5.74, 6) is 2.36. The fourth-order valence-corrected chi connectivity index (χ4v) is 4.16. The van der Waals surface area contributed by atoms with Crippen molar-refractivity contribution >= 4 is 17.7 Å². The van der Waals surface area contributed by atoms with Crippen LogP contribution in [0.1, 0.15) is 31.2 Å². The smallest absolute Gasteiger partial charge is 0.232 e. The van der Waals surface area contributed by atoms with E-state index >= 15 is 0 Å². The van der Waals surface area contributed by atoms with Gasteiger partial charge in [-0.1, -0.05) is 43.3 Å². The minimum absolute atomic E-state index is 0.643. The normalized spacial score (nSPS) is 14.5. The Bertz CT molecular complexity index is 934. The number of morpholine rings is 1. The number of para-hydroxylation sites is 1. The molecule has 3 aromatic rings. The number of anilines is 1. The summed E-state index contributed by atoms with van der Waals surface area (Å²) < 4.78 is 9.54. The number of thioether (sulfide) groups is 1. The van der Waals surface area contributed by atoms with Crippen molar-refractivity contribution in [2.75, 3.05) is 31.2 Å². The first kappa shape index (κ1) is 19.8. The van der Waals surface area contributed by atoms with Crippen LogP contribution in [0, 0.1) is 6.92 Å². The monoisotopic (exact) mass is 414 g/mol. The highest BCUT2D eigenvalue weighted by Gasteiger charge is 2.23. The number of rotatable bonds is 8. The molecule has 0 unspecified atom stereocenters. The maximum atomic E-state index is 5.51. The lowest BCUT2D eigenvalue weighted by Gasteiger charge is -2.28. The molecular weight excluding hydrogens is 388 g/mol. The molecule has 1 saturated heterocycles. The Morgan fingerprint density at radius 2 is 1.93 bits per heavy atom. The van der Waals surface area contributed by atoms with E-state index in [0.29, 0.717) is 19.0 Å². The second kappa shape index (κ2) is 9.36. The van der Waals surface area contributed by atoms with E-state index in [-0.39, 0.29) is 0 Å². The van der Waals surface area contributed by atoms with Gasteiger partial charge >= 0.3 is 0 Å². The van der Waals surface area contributed by atoms with Crippen LogP contribution in [0.4, 0.5) is 5.95 Å². The molecule has 0 spiro atoms. The van der Waals surface area contributed by atoms with Gasteiger partial charge in [-0.05, 0) is 35.4 Å². The van der Waals surface area contributed by atoms with E-state index in [0.717, 1.165) is 55.1 Å². The molecule has 1 aromatic carbocycles. The number of nitrogens with zero attached hydrogens (tertiary/aromatic N) is 8. The highest BCUT2D eigenvalue weighted by molar-refractivity contribution is 7.98. The van der Waals surface area contributed by atoms with E-state index in [9.17, 15) is 0 Å². The number of aryl methyl sites for hydroxylation is 2. The van der Waals surface area contributed by atoms with Gasteiger partial charge in [0.05, 0.1) is 24.7 Å². The zero-order valence-corrected chi connectivity index (χ0v) is 17.7. The predicted molar refractivity (Wildman–Crippen MR) is 111 cm³/mol. The average molecular weight is 415 g/mol. The van der Waals surface area contributed by atoms with Gasteiger partial charge in [-0.25, -0.2) is 4.68 Å². The summed E-state index contributed by atoms with van der Waals surface area (Å²) in [5.41, 5.74) is 2.27. The second-order valence-electron chi connectivity index (χ2n) is 6.96. The van der Waals surface area contributed by atoms with Crippen molar-refractivity contribution in [2.24, 2.45) is 0 Å². The van der Waals surface area contributed by atoms with Gasteiger partial charge in [0.2, 0.25) is 5.95 Å². The van der Waals surface area contributed by atoms with Gasteiger partial charge in [0.25, 0.3) is 0 Å². The number of aromatic nitrogens is 7. The van der Waals surface area contributed by atoms with Gasteiger partial charge in [-0.3, -0.25) is 4.57 Å². The van der Waals surface area contributed by atoms with Gasteiger partial charge in [-0.15, -0.1) is 15.3 Å². The Morgan fingerprint density at radius 1 is 1.10 bits per heavy atom. The van der Waals surface area contributed by atoms with Crippen LogP contribution in [0.2, 0.25) is 0 Å². The number of benzene rings is 1. The molecule has 10 heteroatoms. The van der Waals surface area contributed by atoms with Gasteiger partial charge in [-0.2, -0.15) is 0 Å². The van der Waals surface area contributed by atoms with E-state index in [1.165, 1.54) is 5.56 Å². The molecule has 0 atom stereocenters. The van der Waals surface area contributed by atoms with Crippen LogP contribution in [0.3, 0.4) is 0 Å². The number of tetrazole rings is 1. The molecule has 3 heterocycles. The van der Waals surface area contributed by atoms with Crippen molar-refractivity contribution in [2.45, 2.75) is 44.1 Å². The van der Waals surface area contributed by atoms with Crippen LogP contribution in [-0.2, 0) is 17.0 Å². The Hall–Kier alpha value is -2.46. The van der Waals surface area contributed by atoms with Crippen LogP contribution in [0.15, 0.2) is 29.4 Å². The van der Waals surface area contributed by atoms with Crippen molar-refractivity contribution in [3.63, 3.8) is 0 Å². The quantitative estimate of drug-likeness (QED) is 0.520. The van der Waals surface area contributed by atoms with Gasteiger partial charge < -0.3 is 9.64 Å². The SMILES string of the molecule is CCCCn1nnnc1CSc1nnc(N2CCOCC2)n1-c1ccccc1C. The molecule has 9 nitrogen and oxygen atoms in total. The highest BCUT2D eigenvalue weighted by atomic mass is 32.2. The van der Waals surface area contributed by atoms with E-state index in [4.69, 9.17) is 4.74 Å². The molecule has 2 aromatic heterocycles. The maximum Gasteiger partial charge on any atom is 0.232 e. The molecule has 0 N–H and O–H groups in total. The van der Waals surface area contributed by atoms with Gasteiger partial charge in [0, 0.05) is 19.6 Å². The summed E-state index contributed by atoms with van der Waals surface area (Å²) in [7, 11) is 0. The van der Waals surface area contributed by atoms with Crippen LogP contribution in [-0.4, -0.2) is 61.3 Å². The Balaban J connectivity index is 1.62. The molecule has 4 rings (SSSR count). The molecule has 0 aliphatic carbocycles. The fourth-order valence-electron chi connectivity index (χ4n) is 3.29. The van der Waals surface area contributed by atoms with Gasteiger partial charge in [0.1, 0.15) is 0 Å². The number of hydrogen-bond donors (Lipinski definition) is 0. The molecule has 29 heavy (non-hydrogen) atoms. The fraction of sp³-hybridized carbons (Fsp3) is 0.526. The molecular formula is C19H26N8OS. The number of hydrogen-bond acceptors (Lipinski definition) is 8. The molecule has 0 amide bonds. The molecule has 1 aliphatic rings. The molecule has 0 saturated carbocycles. The minimum atomic E-state index is 0.643. The van der Waals surface area contributed by atoms with Crippen molar-refractivity contribution in [1.29, 1.82) is 0 Å². The lowest BCUT2D eigenvalue weighted by molar-refractivity contribution is 0.122.